The minimum atomic E-state index is -0.0991. The Labute approximate surface area is 129 Å². The first-order chi connectivity index (χ1) is 9.91. The van der Waals surface area contributed by atoms with Crippen LogP contribution in [0.3, 0.4) is 0 Å². The van der Waals surface area contributed by atoms with Crippen LogP contribution in [0.2, 0.25) is 5.02 Å². The topological polar surface area (TPSA) is 65.1 Å². The van der Waals surface area contributed by atoms with Crippen LogP contribution in [-0.4, -0.2) is 29.1 Å². The van der Waals surface area contributed by atoms with Crippen molar-refractivity contribution in [2.45, 2.75) is 26.7 Å². The number of nitrogens with one attached hydrogen (secondary N) is 2. The molecule has 21 heavy (non-hydrogen) atoms. The molecule has 114 valence electrons. The molecule has 0 fully saturated rings. The van der Waals surface area contributed by atoms with Crippen molar-refractivity contribution in [2.75, 3.05) is 13.2 Å². The number of hydrogen-bond acceptors (Lipinski definition) is 2. The zero-order valence-corrected chi connectivity index (χ0v) is 13.1. The van der Waals surface area contributed by atoms with Crippen LogP contribution in [0.5, 0.6) is 0 Å². The molecular weight excluding hydrogens is 288 g/mol. The second-order valence-corrected chi connectivity index (χ2v) is 6.53. The van der Waals surface area contributed by atoms with Gasteiger partial charge < -0.3 is 15.4 Å². The standard InChI is InChI=1S/C16H21ClN2O2/c1-16(2,5-6-20)10-19-15(21)7-11-9-18-14-8-12(17)3-4-13(11)14/h3-4,8-9,18,20H,5-7,10H2,1-2H3,(H,19,21). The smallest absolute Gasteiger partial charge is 0.224 e. The second kappa shape index (κ2) is 6.50. The van der Waals surface area contributed by atoms with E-state index in [-0.39, 0.29) is 17.9 Å². The van der Waals surface area contributed by atoms with Crippen LogP contribution in [0.15, 0.2) is 24.4 Å². The van der Waals surface area contributed by atoms with E-state index in [0.717, 1.165) is 16.5 Å². The summed E-state index contributed by atoms with van der Waals surface area (Å²) < 4.78 is 0. The first-order valence-corrected chi connectivity index (χ1v) is 7.42. The molecule has 0 saturated carbocycles. The van der Waals surface area contributed by atoms with Crippen LogP contribution in [-0.2, 0) is 11.2 Å². The fourth-order valence-electron chi connectivity index (χ4n) is 2.27. The highest BCUT2D eigenvalue weighted by atomic mass is 35.5. The van der Waals surface area contributed by atoms with Crippen molar-refractivity contribution < 1.29 is 9.90 Å². The monoisotopic (exact) mass is 308 g/mol. The maximum absolute atomic E-state index is 12.1. The van der Waals surface area contributed by atoms with Crippen molar-refractivity contribution >= 4 is 28.4 Å². The molecule has 0 radical (unpaired) electrons. The molecule has 0 unspecified atom stereocenters. The van der Waals surface area contributed by atoms with Crippen molar-refractivity contribution in [1.82, 2.24) is 10.3 Å². The normalized spacial score (nSPS) is 11.8. The number of rotatable bonds is 6. The summed E-state index contributed by atoms with van der Waals surface area (Å²) in [5.74, 6) is -0.0168. The number of halogens is 1. The molecule has 0 aliphatic carbocycles. The minimum Gasteiger partial charge on any atom is -0.396 e. The lowest BCUT2D eigenvalue weighted by atomic mass is 9.89. The van der Waals surface area contributed by atoms with E-state index < -0.39 is 0 Å². The number of carbonyl (C=O) groups excluding carboxylic acids is 1. The minimum absolute atomic E-state index is 0.0168. The highest BCUT2D eigenvalue weighted by Crippen LogP contribution is 2.22. The molecule has 1 amide bonds. The third-order valence-electron chi connectivity index (χ3n) is 3.63. The van der Waals surface area contributed by atoms with Crippen molar-refractivity contribution in [3.63, 3.8) is 0 Å². The van der Waals surface area contributed by atoms with E-state index >= 15 is 0 Å². The van der Waals surface area contributed by atoms with Crippen molar-refractivity contribution in [1.29, 1.82) is 0 Å². The van der Waals surface area contributed by atoms with Crippen molar-refractivity contribution in [2.24, 2.45) is 5.41 Å². The number of benzene rings is 1. The molecule has 1 aromatic carbocycles. The lowest BCUT2D eigenvalue weighted by Crippen LogP contribution is -2.35. The van der Waals surface area contributed by atoms with E-state index in [9.17, 15) is 4.79 Å². The van der Waals surface area contributed by atoms with Crippen LogP contribution in [0.25, 0.3) is 10.9 Å². The Morgan fingerprint density at radius 2 is 2.19 bits per heavy atom. The zero-order chi connectivity index (χ0) is 15.5. The number of fused-ring (bicyclic) bond motifs is 1. The van der Waals surface area contributed by atoms with E-state index in [4.69, 9.17) is 16.7 Å². The lowest BCUT2D eigenvalue weighted by Gasteiger charge is -2.23. The van der Waals surface area contributed by atoms with Gasteiger partial charge in [0.2, 0.25) is 5.91 Å². The van der Waals surface area contributed by atoms with Gasteiger partial charge in [-0.15, -0.1) is 0 Å². The highest BCUT2D eigenvalue weighted by molar-refractivity contribution is 6.31. The molecule has 1 aromatic heterocycles. The first-order valence-electron chi connectivity index (χ1n) is 7.04. The van der Waals surface area contributed by atoms with Gasteiger partial charge in [-0.25, -0.2) is 0 Å². The van der Waals surface area contributed by atoms with Gasteiger partial charge in [0.15, 0.2) is 0 Å². The molecule has 2 aromatic rings. The zero-order valence-electron chi connectivity index (χ0n) is 12.4. The van der Waals surface area contributed by atoms with Gasteiger partial charge in [0, 0.05) is 35.3 Å². The van der Waals surface area contributed by atoms with Crippen LogP contribution >= 0.6 is 11.6 Å². The Morgan fingerprint density at radius 3 is 2.90 bits per heavy atom. The van der Waals surface area contributed by atoms with Gasteiger partial charge in [0.25, 0.3) is 0 Å². The van der Waals surface area contributed by atoms with E-state index in [1.54, 1.807) is 0 Å². The van der Waals surface area contributed by atoms with E-state index in [2.05, 4.69) is 10.3 Å². The molecule has 0 atom stereocenters. The average molecular weight is 309 g/mol. The van der Waals surface area contributed by atoms with E-state index in [0.29, 0.717) is 24.4 Å². The molecule has 0 spiro atoms. The molecule has 0 bridgehead atoms. The van der Waals surface area contributed by atoms with Gasteiger partial charge in [-0.05, 0) is 29.5 Å². The van der Waals surface area contributed by atoms with Gasteiger partial charge in [0.1, 0.15) is 0 Å². The average Bonchev–Trinajstić information content (AvgIpc) is 2.79. The van der Waals surface area contributed by atoms with Gasteiger partial charge in [-0.1, -0.05) is 31.5 Å². The summed E-state index contributed by atoms with van der Waals surface area (Å²) in [6.45, 7) is 4.74. The summed E-state index contributed by atoms with van der Waals surface area (Å²) in [5.41, 5.74) is 1.79. The largest absolute Gasteiger partial charge is 0.396 e. The summed E-state index contributed by atoms with van der Waals surface area (Å²) in [6, 6.07) is 5.60. The Bertz CT molecular complexity index is 634. The van der Waals surface area contributed by atoms with E-state index in [1.807, 2.05) is 38.2 Å². The number of carbonyl (C=O) groups is 1. The molecule has 1 heterocycles. The molecular formula is C16H21ClN2O2. The number of aromatic nitrogens is 1. The Balaban J connectivity index is 1.99. The summed E-state index contributed by atoms with van der Waals surface area (Å²) in [6.07, 6.45) is 2.84. The Kier molecular flexibility index (Phi) is 4.91. The number of aliphatic hydroxyl groups is 1. The molecule has 0 saturated heterocycles. The van der Waals surface area contributed by atoms with Gasteiger partial charge >= 0.3 is 0 Å². The fraction of sp³-hybridized carbons (Fsp3) is 0.438. The summed E-state index contributed by atoms with van der Waals surface area (Å²) >= 11 is 5.94. The van der Waals surface area contributed by atoms with Crippen molar-refractivity contribution in [3.05, 3.63) is 35.0 Å². The Hall–Kier alpha value is -1.52. The van der Waals surface area contributed by atoms with Crippen LogP contribution in [0, 0.1) is 5.41 Å². The Morgan fingerprint density at radius 1 is 1.43 bits per heavy atom. The summed E-state index contributed by atoms with van der Waals surface area (Å²) in [4.78, 5) is 15.2. The predicted molar refractivity (Wildman–Crippen MR) is 85.5 cm³/mol. The predicted octanol–water partition coefficient (Wildman–Crippen LogP) is 2.89. The second-order valence-electron chi connectivity index (χ2n) is 6.10. The number of aliphatic hydroxyl groups excluding tert-OH is 1. The van der Waals surface area contributed by atoms with Crippen LogP contribution < -0.4 is 5.32 Å². The van der Waals surface area contributed by atoms with Gasteiger partial charge in [0.05, 0.1) is 6.42 Å². The summed E-state index contributed by atoms with van der Waals surface area (Å²) in [5, 5.41) is 13.6. The SMILES string of the molecule is CC(C)(CCO)CNC(=O)Cc1c[nH]c2cc(Cl)ccc12. The third-order valence-corrected chi connectivity index (χ3v) is 3.87. The lowest BCUT2D eigenvalue weighted by molar-refractivity contribution is -0.120. The first kappa shape index (κ1) is 15.9. The maximum atomic E-state index is 12.1. The number of H-pyrrole nitrogens is 1. The van der Waals surface area contributed by atoms with Crippen molar-refractivity contribution in [3.8, 4) is 0 Å². The molecule has 5 heteroatoms. The number of hydrogen-bond donors (Lipinski definition) is 3. The van der Waals surface area contributed by atoms with Gasteiger partial charge in [-0.3, -0.25) is 4.79 Å². The highest BCUT2D eigenvalue weighted by Gasteiger charge is 2.18. The number of amides is 1. The molecule has 0 aliphatic rings. The molecule has 4 nitrogen and oxygen atoms in total. The molecule has 0 aliphatic heterocycles. The van der Waals surface area contributed by atoms with E-state index in [1.165, 1.54) is 0 Å². The fourth-order valence-corrected chi connectivity index (χ4v) is 2.44. The summed E-state index contributed by atoms with van der Waals surface area (Å²) in [7, 11) is 0. The van der Waals surface area contributed by atoms with Crippen LogP contribution in [0.4, 0.5) is 0 Å². The molecule has 3 N–H and O–H groups in total. The number of aromatic amines is 1. The molecule has 2 rings (SSSR count). The van der Waals surface area contributed by atoms with Crippen LogP contribution in [0.1, 0.15) is 25.8 Å². The maximum Gasteiger partial charge on any atom is 0.224 e. The third kappa shape index (κ3) is 4.22. The van der Waals surface area contributed by atoms with Gasteiger partial charge in [-0.2, -0.15) is 0 Å². The quantitative estimate of drug-likeness (QED) is 0.768.